The first-order valence-electron chi connectivity index (χ1n) is 11.3. The quantitative estimate of drug-likeness (QED) is 0.787. The number of anilines is 1. The Balaban J connectivity index is 1.26. The number of carbonyl (C=O) groups is 1. The van der Waals surface area contributed by atoms with E-state index in [1.54, 1.807) is 0 Å². The van der Waals surface area contributed by atoms with Gasteiger partial charge in [0.05, 0.1) is 17.0 Å². The molecule has 3 fully saturated rings. The molecule has 1 atom stereocenters. The summed E-state index contributed by atoms with van der Waals surface area (Å²) in [5.74, 6) is -0.0000360. The highest BCUT2D eigenvalue weighted by Crippen LogP contribution is 2.44. The molecule has 3 aliphatic rings. The number of ether oxygens (including phenoxy) is 1. The van der Waals surface area contributed by atoms with Gasteiger partial charge in [-0.3, -0.25) is 14.7 Å². The molecular weight excluding hydrogens is 378 g/mol. The molecule has 6 nitrogen and oxygen atoms in total. The van der Waals surface area contributed by atoms with Gasteiger partial charge in [0.2, 0.25) is 0 Å². The number of aromatic nitrogens is 1. The average molecular weight is 410 g/mol. The van der Waals surface area contributed by atoms with Crippen molar-refractivity contribution in [3.63, 3.8) is 0 Å². The number of aliphatic hydroxyl groups is 1. The van der Waals surface area contributed by atoms with E-state index < -0.39 is 0 Å². The summed E-state index contributed by atoms with van der Waals surface area (Å²) < 4.78 is 5.84. The lowest BCUT2D eigenvalue weighted by atomic mass is 9.76. The second-order valence-corrected chi connectivity index (χ2v) is 9.33. The van der Waals surface area contributed by atoms with Crippen LogP contribution in [0.15, 0.2) is 30.3 Å². The zero-order valence-electron chi connectivity index (χ0n) is 17.7. The van der Waals surface area contributed by atoms with Crippen LogP contribution in [0.1, 0.15) is 37.8 Å². The van der Waals surface area contributed by atoms with Crippen LogP contribution in [0.2, 0.25) is 0 Å². The van der Waals surface area contributed by atoms with E-state index in [0.29, 0.717) is 0 Å². The number of esters is 1. The predicted molar refractivity (Wildman–Crippen MR) is 117 cm³/mol. The van der Waals surface area contributed by atoms with E-state index in [0.717, 1.165) is 76.0 Å². The highest BCUT2D eigenvalue weighted by molar-refractivity contribution is 5.92. The van der Waals surface area contributed by atoms with Crippen LogP contribution in [0, 0.1) is 12.3 Å². The maximum Gasteiger partial charge on any atom is 0.312 e. The van der Waals surface area contributed by atoms with Crippen LogP contribution in [0.5, 0.6) is 0 Å². The second-order valence-electron chi connectivity index (χ2n) is 9.33. The first-order valence-corrected chi connectivity index (χ1v) is 11.3. The number of likely N-dealkylation sites (tertiary alicyclic amines) is 1. The summed E-state index contributed by atoms with van der Waals surface area (Å²) in [6, 6.07) is 10.5. The van der Waals surface area contributed by atoms with Crippen molar-refractivity contribution in [2.75, 3.05) is 37.6 Å². The van der Waals surface area contributed by atoms with Crippen molar-refractivity contribution >= 4 is 22.6 Å². The van der Waals surface area contributed by atoms with Gasteiger partial charge in [0, 0.05) is 55.9 Å². The minimum absolute atomic E-state index is 0.0000360. The molecule has 1 N–H and O–H groups in total. The molecule has 160 valence electrons. The third-order valence-corrected chi connectivity index (χ3v) is 7.23. The molecule has 3 saturated heterocycles. The molecule has 0 saturated carbocycles. The van der Waals surface area contributed by atoms with Crippen molar-refractivity contribution < 1.29 is 14.6 Å². The molecule has 3 aliphatic heterocycles. The lowest BCUT2D eigenvalue weighted by Gasteiger charge is -2.38. The number of aryl methyl sites for hydroxylation is 1. The summed E-state index contributed by atoms with van der Waals surface area (Å²) in [5.41, 5.74) is 2.95. The maximum absolute atomic E-state index is 12.9. The smallest absolute Gasteiger partial charge is 0.312 e. The van der Waals surface area contributed by atoms with Crippen molar-refractivity contribution in [1.82, 2.24) is 9.88 Å². The fraction of sp³-hybridized carbons (Fsp3) is 0.583. The number of piperidine rings is 2. The average Bonchev–Trinajstić information content (AvgIpc) is 3.04. The van der Waals surface area contributed by atoms with E-state index in [9.17, 15) is 9.90 Å². The molecule has 2 aromatic rings. The largest absolute Gasteiger partial charge is 0.461 e. The van der Waals surface area contributed by atoms with Crippen molar-refractivity contribution in [1.29, 1.82) is 0 Å². The lowest BCUT2D eigenvalue weighted by Crippen LogP contribution is -2.43. The van der Waals surface area contributed by atoms with Gasteiger partial charge in [0.15, 0.2) is 0 Å². The summed E-state index contributed by atoms with van der Waals surface area (Å²) in [6.07, 6.45) is 3.97. The summed E-state index contributed by atoms with van der Waals surface area (Å²) in [7, 11) is 0. The summed E-state index contributed by atoms with van der Waals surface area (Å²) >= 11 is 0. The third kappa shape index (κ3) is 3.67. The fourth-order valence-corrected chi connectivity index (χ4v) is 5.46. The molecule has 1 spiro atoms. The van der Waals surface area contributed by atoms with Crippen LogP contribution >= 0.6 is 0 Å². The molecular formula is C24H31N3O3. The highest BCUT2D eigenvalue weighted by Gasteiger charge is 2.50. The number of pyridine rings is 1. The molecule has 6 heteroatoms. The van der Waals surface area contributed by atoms with E-state index in [2.05, 4.69) is 39.0 Å². The number of hydrogen-bond acceptors (Lipinski definition) is 6. The van der Waals surface area contributed by atoms with Crippen molar-refractivity contribution in [3.05, 3.63) is 36.0 Å². The zero-order valence-corrected chi connectivity index (χ0v) is 17.7. The molecule has 0 radical (unpaired) electrons. The monoisotopic (exact) mass is 409 g/mol. The number of nitrogens with zero attached hydrogens (tertiary/aromatic N) is 3. The number of hydrogen-bond donors (Lipinski definition) is 1. The highest BCUT2D eigenvalue weighted by atomic mass is 16.6. The Morgan fingerprint density at radius 2 is 1.90 bits per heavy atom. The summed E-state index contributed by atoms with van der Waals surface area (Å²) in [4.78, 5) is 22.3. The van der Waals surface area contributed by atoms with Crippen molar-refractivity contribution in [2.24, 2.45) is 5.41 Å². The third-order valence-electron chi connectivity index (χ3n) is 7.23. The van der Waals surface area contributed by atoms with Crippen LogP contribution in [-0.2, 0) is 9.53 Å². The molecule has 5 rings (SSSR count). The summed E-state index contributed by atoms with van der Waals surface area (Å²) in [5, 5.41) is 10.9. The van der Waals surface area contributed by atoms with E-state index in [-0.39, 0.29) is 23.6 Å². The van der Waals surface area contributed by atoms with E-state index >= 15 is 0 Å². The SMILES string of the molecule is Cc1cc(N2CCC3(CC2)CC(CN2CCC(O)CC2)OC3=O)c2ccccc2n1. The van der Waals surface area contributed by atoms with Gasteiger partial charge in [0.25, 0.3) is 0 Å². The van der Waals surface area contributed by atoms with Crippen LogP contribution < -0.4 is 4.90 Å². The van der Waals surface area contributed by atoms with Gasteiger partial charge in [-0.05, 0) is 44.7 Å². The van der Waals surface area contributed by atoms with Crippen LogP contribution in [0.3, 0.4) is 0 Å². The van der Waals surface area contributed by atoms with Gasteiger partial charge in [-0.25, -0.2) is 0 Å². The van der Waals surface area contributed by atoms with Crippen molar-refractivity contribution in [3.8, 4) is 0 Å². The molecule has 1 aromatic carbocycles. The molecule has 0 amide bonds. The van der Waals surface area contributed by atoms with E-state index in [1.165, 1.54) is 11.1 Å². The van der Waals surface area contributed by atoms with Gasteiger partial charge in [0.1, 0.15) is 6.10 Å². The zero-order chi connectivity index (χ0) is 20.7. The lowest BCUT2D eigenvalue weighted by molar-refractivity contribution is -0.150. The first kappa shape index (κ1) is 19.8. The Morgan fingerprint density at radius 1 is 1.17 bits per heavy atom. The standard InChI is InChI=1S/C24H31N3O3/c1-17-14-22(20-4-2-3-5-21(20)25-17)27-12-8-24(9-13-27)15-19(30-23(24)29)16-26-10-6-18(28)7-11-26/h2-5,14,18-19,28H,6-13,15-16H2,1H3. The normalized spacial score (nSPS) is 25.2. The number of benzene rings is 1. The van der Waals surface area contributed by atoms with Gasteiger partial charge in [-0.2, -0.15) is 0 Å². The number of rotatable bonds is 3. The first-order chi connectivity index (χ1) is 14.5. The van der Waals surface area contributed by atoms with Crippen LogP contribution in [-0.4, -0.2) is 65.9 Å². The Hall–Kier alpha value is -2.18. The molecule has 0 bridgehead atoms. The number of fused-ring (bicyclic) bond motifs is 1. The van der Waals surface area contributed by atoms with Gasteiger partial charge >= 0.3 is 5.97 Å². The molecule has 0 aliphatic carbocycles. The minimum atomic E-state index is -0.325. The predicted octanol–water partition coefficient (Wildman–Crippen LogP) is 2.90. The summed E-state index contributed by atoms with van der Waals surface area (Å²) in [6.45, 7) is 6.36. The molecule has 1 unspecified atom stereocenters. The minimum Gasteiger partial charge on any atom is -0.461 e. The maximum atomic E-state index is 12.9. The molecule has 1 aromatic heterocycles. The Morgan fingerprint density at radius 3 is 2.67 bits per heavy atom. The van der Waals surface area contributed by atoms with E-state index in [1.807, 2.05) is 13.0 Å². The van der Waals surface area contributed by atoms with Gasteiger partial charge in [-0.1, -0.05) is 18.2 Å². The Bertz CT molecular complexity index is 930. The Kier molecular flexibility index (Phi) is 5.15. The second kappa shape index (κ2) is 7.82. The van der Waals surface area contributed by atoms with E-state index in [4.69, 9.17) is 4.74 Å². The molecule has 4 heterocycles. The van der Waals surface area contributed by atoms with Crippen molar-refractivity contribution in [2.45, 2.75) is 51.2 Å². The number of cyclic esters (lactones) is 1. The topological polar surface area (TPSA) is 65.9 Å². The van der Waals surface area contributed by atoms with Crippen LogP contribution in [0.25, 0.3) is 10.9 Å². The van der Waals surface area contributed by atoms with Crippen LogP contribution in [0.4, 0.5) is 5.69 Å². The number of aliphatic hydroxyl groups excluding tert-OH is 1. The number of carbonyl (C=O) groups excluding carboxylic acids is 1. The number of para-hydroxylation sites is 1. The fourth-order valence-electron chi connectivity index (χ4n) is 5.46. The molecule has 30 heavy (non-hydrogen) atoms. The van der Waals surface area contributed by atoms with Gasteiger partial charge in [-0.15, -0.1) is 0 Å². The Labute approximate surface area is 177 Å². The van der Waals surface area contributed by atoms with Gasteiger partial charge < -0.3 is 14.7 Å².